The molecular formula is C13H20FNO2Y. The van der Waals surface area contributed by atoms with Crippen molar-refractivity contribution in [2.45, 2.75) is 19.4 Å². The molecule has 0 fully saturated rings. The Morgan fingerprint density at radius 3 is 2.44 bits per heavy atom. The number of benzene rings is 1. The van der Waals surface area contributed by atoms with Crippen molar-refractivity contribution in [2.75, 3.05) is 20.6 Å². The second-order valence-corrected chi connectivity index (χ2v) is 4.92. The maximum Gasteiger partial charge on any atom is 0.169 e. The summed E-state index contributed by atoms with van der Waals surface area (Å²) in [6.45, 7) is 4.96. The molecule has 1 radical (unpaired) electrons. The third-order valence-corrected chi connectivity index (χ3v) is 2.80. The molecule has 0 aliphatic heterocycles. The van der Waals surface area contributed by atoms with Gasteiger partial charge in [0.25, 0.3) is 0 Å². The second kappa shape index (κ2) is 7.41. The van der Waals surface area contributed by atoms with E-state index in [1.54, 1.807) is 0 Å². The van der Waals surface area contributed by atoms with Crippen LogP contribution in [0.3, 0.4) is 0 Å². The average Bonchev–Trinajstić information content (AvgIpc) is 2.27. The van der Waals surface area contributed by atoms with Crippen molar-refractivity contribution >= 4 is 0 Å². The number of aromatic hydroxyl groups is 2. The predicted octanol–water partition coefficient (Wildman–Crippen LogP) is 2.43. The maximum atomic E-state index is 13.6. The fourth-order valence-electron chi connectivity index (χ4n) is 1.80. The van der Waals surface area contributed by atoms with E-state index < -0.39 is 5.82 Å². The molecule has 0 amide bonds. The molecular weight excluding hydrogens is 310 g/mol. The van der Waals surface area contributed by atoms with Crippen molar-refractivity contribution in [1.82, 2.24) is 0 Å². The third-order valence-electron chi connectivity index (χ3n) is 2.80. The number of halogens is 1. The van der Waals surface area contributed by atoms with Crippen LogP contribution in [0.1, 0.15) is 18.4 Å². The van der Waals surface area contributed by atoms with Gasteiger partial charge in [0.1, 0.15) is 12.4 Å². The Kier molecular flexibility index (Phi) is 7.34. The van der Waals surface area contributed by atoms with Gasteiger partial charge in [-0.2, -0.15) is 6.42 Å². The first-order valence-electron chi connectivity index (χ1n) is 5.68. The molecule has 0 aromatic heterocycles. The fourth-order valence-corrected chi connectivity index (χ4v) is 1.80. The van der Waals surface area contributed by atoms with Crippen LogP contribution in [-0.2, 0) is 39.3 Å². The first-order chi connectivity index (χ1) is 7.87. The van der Waals surface area contributed by atoms with Crippen molar-refractivity contribution in [2.24, 2.45) is 0 Å². The second-order valence-electron chi connectivity index (χ2n) is 4.92. The Bertz CT molecular complexity index is 397. The summed E-state index contributed by atoms with van der Waals surface area (Å²) in [5.74, 6) is -1.12. The normalized spacial score (nSPS) is 11.1. The Labute approximate surface area is 133 Å². The molecule has 1 aromatic rings. The van der Waals surface area contributed by atoms with E-state index in [2.05, 4.69) is 6.92 Å². The predicted molar refractivity (Wildman–Crippen MR) is 65.0 cm³/mol. The van der Waals surface area contributed by atoms with Gasteiger partial charge >= 0.3 is 0 Å². The minimum atomic E-state index is -0.485. The van der Waals surface area contributed by atoms with Gasteiger partial charge in [-0.25, -0.2) is 4.39 Å². The summed E-state index contributed by atoms with van der Waals surface area (Å²) in [5, 5.41) is 19.0. The summed E-state index contributed by atoms with van der Waals surface area (Å²) in [6.07, 6.45) is 1.77. The minimum Gasteiger partial charge on any atom is -0.504 e. The van der Waals surface area contributed by atoms with Gasteiger partial charge in [-0.1, -0.05) is 0 Å². The zero-order chi connectivity index (χ0) is 13.1. The number of hydrogen-bond acceptors (Lipinski definition) is 2. The van der Waals surface area contributed by atoms with Gasteiger partial charge in [0.05, 0.1) is 26.2 Å². The molecule has 2 N–H and O–H groups in total. The third kappa shape index (κ3) is 4.83. The minimum absolute atomic E-state index is 0. The number of phenolic OH excluding ortho intramolecular Hbond substituents is 2. The summed E-state index contributed by atoms with van der Waals surface area (Å²) in [4.78, 5) is 0. The van der Waals surface area contributed by atoms with Gasteiger partial charge in [0, 0.05) is 32.7 Å². The molecule has 0 unspecified atom stereocenters. The number of phenols is 2. The summed E-state index contributed by atoms with van der Waals surface area (Å²) in [6, 6.07) is 2.33. The van der Waals surface area contributed by atoms with Crippen LogP contribution in [0.5, 0.6) is 11.5 Å². The summed E-state index contributed by atoms with van der Waals surface area (Å²) in [7, 11) is 3.91. The van der Waals surface area contributed by atoms with E-state index in [4.69, 9.17) is 0 Å². The monoisotopic (exact) mass is 330 g/mol. The molecule has 0 spiro atoms. The summed E-state index contributed by atoms with van der Waals surface area (Å²) < 4.78 is 14.1. The van der Waals surface area contributed by atoms with Crippen LogP contribution in [-0.4, -0.2) is 35.3 Å². The van der Waals surface area contributed by atoms with Crippen molar-refractivity contribution in [3.05, 3.63) is 30.4 Å². The zero-order valence-corrected chi connectivity index (χ0v) is 13.8. The van der Waals surface area contributed by atoms with Gasteiger partial charge in [0.15, 0.2) is 11.5 Å². The van der Waals surface area contributed by atoms with Crippen LogP contribution in [0, 0.1) is 12.7 Å². The van der Waals surface area contributed by atoms with Crippen LogP contribution >= 0.6 is 0 Å². The Morgan fingerprint density at radius 1 is 1.28 bits per heavy atom. The standard InChI is InChI=1S/C13H20FNO2.Y/c1-4-5-8-15(2,3)9-10-11(14)6-7-12(16)13(10)17;/h6-7,16-17H,1,4-5,8-9H2,2-3H3;. The average molecular weight is 330 g/mol. The van der Waals surface area contributed by atoms with Gasteiger partial charge < -0.3 is 21.6 Å². The van der Waals surface area contributed by atoms with E-state index in [1.165, 1.54) is 6.07 Å². The number of quaternary nitrogens is 1. The zero-order valence-electron chi connectivity index (χ0n) is 11.0. The van der Waals surface area contributed by atoms with E-state index in [1.807, 2.05) is 14.1 Å². The number of hydrogen-bond donors (Lipinski definition) is 2. The van der Waals surface area contributed by atoms with Gasteiger partial charge in [-0.3, -0.25) is 0 Å². The van der Waals surface area contributed by atoms with Crippen LogP contribution < -0.4 is 0 Å². The van der Waals surface area contributed by atoms with Crippen molar-refractivity contribution in [3.63, 3.8) is 0 Å². The van der Waals surface area contributed by atoms with Crippen molar-refractivity contribution in [1.29, 1.82) is 0 Å². The molecule has 0 bridgehead atoms. The number of nitrogens with zero attached hydrogens (tertiary/aromatic N) is 1. The fraction of sp³-hybridized carbons (Fsp3) is 0.462. The van der Waals surface area contributed by atoms with Gasteiger partial charge in [0.2, 0.25) is 0 Å². The van der Waals surface area contributed by atoms with Crippen LogP contribution in [0.25, 0.3) is 0 Å². The SMILES string of the molecule is [CH2-]CCC[N+](C)(C)Cc1c(F)ccc(O)c1O.[Y]. The van der Waals surface area contributed by atoms with E-state index in [9.17, 15) is 14.6 Å². The van der Waals surface area contributed by atoms with E-state index in [0.29, 0.717) is 11.0 Å². The molecule has 1 aromatic carbocycles. The van der Waals surface area contributed by atoms with Gasteiger partial charge in [-0.05, 0) is 18.6 Å². The van der Waals surface area contributed by atoms with Gasteiger partial charge in [-0.15, -0.1) is 0 Å². The topological polar surface area (TPSA) is 40.5 Å². The molecule has 3 nitrogen and oxygen atoms in total. The molecule has 0 saturated carbocycles. The first kappa shape index (κ1) is 17.8. The van der Waals surface area contributed by atoms with Crippen LogP contribution in [0.15, 0.2) is 12.1 Å². The van der Waals surface area contributed by atoms with Crippen molar-refractivity contribution < 1.29 is 51.8 Å². The molecule has 0 aliphatic rings. The number of unbranched alkanes of at least 4 members (excludes halogenated alkanes) is 1. The first-order valence-corrected chi connectivity index (χ1v) is 5.68. The van der Waals surface area contributed by atoms with E-state index >= 15 is 0 Å². The van der Waals surface area contributed by atoms with Crippen LogP contribution in [0.2, 0.25) is 0 Å². The quantitative estimate of drug-likeness (QED) is 0.495. The van der Waals surface area contributed by atoms with Crippen LogP contribution in [0.4, 0.5) is 4.39 Å². The van der Waals surface area contributed by atoms with E-state index in [0.717, 1.165) is 25.5 Å². The molecule has 5 heteroatoms. The Hall–Kier alpha value is -0.186. The van der Waals surface area contributed by atoms with E-state index in [-0.39, 0.29) is 49.8 Å². The summed E-state index contributed by atoms with van der Waals surface area (Å²) >= 11 is 0. The molecule has 0 atom stereocenters. The number of rotatable bonds is 5. The smallest absolute Gasteiger partial charge is 0.169 e. The molecule has 1 rings (SSSR count). The largest absolute Gasteiger partial charge is 0.504 e. The van der Waals surface area contributed by atoms with Crippen molar-refractivity contribution in [3.8, 4) is 11.5 Å². The molecule has 0 saturated heterocycles. The Morgan fingerprint density at radius 2 is 1.89 bits per heavy atom. The Balaban J connectivity index is 0.00000289. The maximum absolute atomic E-state index is 13.6. The molecule has 18 heavy (non-hydrogen) atoms. The summed E-state index contributed by atoms with van der Waals surface area (Å²) in [5.41, 5.74) is 0.166. The molecule has 0 aliphatic carbocycles. The molecule has 99 valence electrons. The molecule has 0 heterocycles.